The molecule has 0 aromatic heterocycles. The molecule has 2 fully saturated rings. The highest BCUT2D eigenvalue weighted by atomic mass is 32.2. The van der Waals surface area contributed by atoms with Gasteiger partial charge in [-0.1, -0.05) is 6.08 Å². The Bertz CT molecular complexity index is 507. The first-order valence-corrected chi connectivity index (χ1v) is 8.75. The van der Waals surface area contributed by atoms with E-state index in [1.807, 2.05) is 12.2 Å². The highest BCUT2D eigenvalue weighted by Gasteiger charge is 2.35. The van der Waals surface area contributed by atoms with Crippen molar-refractivity contribution in [3.05, 3.63) is 34.5 Å². The third-order valence-electron chi connectivity index (χ3n) is 4.76. The van der Waals surface area contributed by atoms with E-state index in [1.54, 1.807) is 7.11 Å². The summed E-state index contributed by atoms with van der Waals surface area (Å²) in [6, 6.07) is 0.662. The summed E-state index contributed by atoms with van der Waals surface area (Å²) in [6.07, 6.45) is 10.8. The Balaban J connectivity index is 1.78. The molecule has 0 aromatic rings. The smallest absolute Gasteiger partial charge is 0.0993 e. The number of fused-ring (bicyclic) bond motifs is 1. The Morgan fingerprint density at radius 3 is 3.00 bits per heavy atom. The largest absolute Gasteiger partial charge is 0.501 e. The summed E-state index contributed by atoms with van der Waals surface area (Å²) >= 11 is 0. The first kappa shape index (κ1) is 14.1. The number of likely N-dealkylation sites (tertiary alicyclic amines) is 1. The lowest BCUT2D eigenvalue weighted by molar-refractivity contribution is 0.278. The molecule has 2 heterocycles. The second-order valence-corrected chi connectivity index (χ2v) is 7.42. The predicted molar refractivity (Wildman–Crippen MR) is 82.6 cm³/mol. The van der Waals surface area contributed by atoms with E-state index >= 15 is 0 Å². The van der Waals surface area contributed by atoms with Crippen molar-refractivity contribution >= 4 is 10.8 Å². The SMILES string of the molecule is COC1=CC=C2C(=CC1)C(C[C@H]1CCCN1C)CS2=O. The zero-order valence-corrected chi connectivity index (χ0v) is 13.1. The van der Waals surface area contributed by atoms with E-state index in [4.69, 9.17) is 4.74 Å². The first-order valence-electron chi connectivity index (χ1n) is 7.43. The van der Waals surface area contributed by atoms with Gasteiger partial charge in [0.25, 0.3) is 0 Å². The normalized spacial score (nSPS) is 34.1. The minimum Gasteiger partial charge on any atom is -0.501 e. The second kappa shape index (κ2) is 5.86. The van der Waals surface area contributed by atoms with Gasteiger partial charge in [0.05, 0.1) is 23.7 Å². The molecule has 0 saturated carbocycles. The van der Waals surface area contributed by atoms with Crippen LogP contribution in [-0.4, -0.2) is 41.6 Å². The molecule has 2 aliphatic heterocycles. The van der Waals surface area contributed by atoms with Gasteiger partial charge in [-0.2, -0.15) is 0 Å². The number of ether oxygens (including phenoxy) is 1. The second-order valence-electron chi connectivity index (χ2n) is 5.95. The minimum absolute atomic E-state index is 0.456. The summed E-state index contributed by atoms with van der Waals surface area (Å²) in [5.74, 6) is 2.21. The maximum atomic E-state index is 12.3. The number of methoxy groups -OCH3 is 1. The molecule has 2 saturated heterocycles. The van der Waals surface area contributed by atoms with Crippen molar-refractivity contribution < 1.29 is 8.95 Å². The molecule has 0 aromatic carbocycles. The van der Waals surface area contributed by atoms with Gasteiger partial charge >= 0.3 is 0 Å². The van der Waals surface area contributed by atoms with Crippen LogP contribution in [0.3, 0.4) is 0 Å². The van der Waals surface area contributed by atoms with Crippen molar-refractivity contribution in [1.29, 1.82) is 0 Å². The number of nitrogens with zero attached hydrogens (tertiary/aromatic N) is 1. The van der Waals surface area contributed by atoms with Crippen LogP contribution in [0.5, 0.6) is 0 Å². The Hall–Kier alpha value is -0.870. The Kier molecular flexibility index (Phi) is 4.13. The van der Waals surface area contributed by atoms with Crippen molar-refractivity contribution in [2.75, 3.05) is 26.5 Å². The average molecular weight is 293 g/mol. The summed E-state index contributed by atoms with van der Waals surface area (Å²) in [6.45, 7) is 1.21. The van der Waals surface area contributed by atoms with Gasteiger partial charge in [-0.05, 0) is 56.5 Å². The van der Waals surface area contributed by atoms with Crippen LogP contribution in [0.4, 0.5) is 0 Å². The van der Waals surface area contributed by atoms with Gasteiger partial charge in [0.1, 0.15) is 0 Å². The lowest BCUT2D eigenvalue weighted by Crippen LogP contribution is -2.27. The summed E-state index contributed by atoms with van der Waals surface area (Å²) in [7, 11) is 3.08. The van der Waals surface area contributed by atoms with Crippen molar-refractivity contribution in [2.45, 2.75) is 31.7 Å². The van der Waals surface area contributed by atoms with Crippen LogP contribution in [-0.2, 0) is 15.5 Å². The summed E-state index contributed by atoms with van der Waals surface area (Å²) < 4.78 is 17.7. The van der Waals surface area contributed by atoms with Crippen LogP contribution in [0.1, 0.15) is 25.7 Å². The fourth-order valence-electron chi connectivity index (χ4n) is 3.53. The number of hydrogen-bond acceptors (Lipinski definition) is 3. The zero-order valence-electron chi connectivity index (χ0n) is 12.3. The average Bonchev–Trinajstić information content (AvgIpc) is 2.87. The molecule has 2 unspecified atom stereocenters. The molecular weight excluding hydrogens is 270 g/mol. The Morgan fingerprint density at radius 2 is 2.30 bits per heavy atom. The van der Waals surface area contributed by atoms with E-state index in [0.717, 1.165) is 29.3 Å². The van der Waals surface area contributed by atoms with Crippen LogP contribution in [0, 0.1) is 5.92 Å². The predicted octanol–water partition coefficient (Wildman–Crippen LogP) is 2.59. The van der Waals surface area contributed by atoms with Crippen molar-refractivity contribution in [3.8, 4) is 0 Å². The highest BCUT2D eigenvalue weighted by molar-refractivity contribution is 7.89. The zero-order chi connectivity index (χ0) is 14.1. The van der Waals surface area contributed by atoms with E-state index in [1.165, 1.54) is 25.0 Å². The van der Waals surface area contributed by atoms with Gasteiger partial charge in [0.2, 0.25) is 0 Å². The van der Waals surface area contributed by atoms with Crippen molar-refractivity contribution in [3.63, 3.8) is 0 Å². The molecule has 3 atom stereocenters. The van der Waals surface area contributed by atoms with E-state index in [-0.39, 0.29) is 0 Å². The van der Waals surface area contributed by atoms with E-state index < -0.39 is 10.8 Å². The van der Waals surface area contributed by atoms with E-state index in [0.29, 0.717) is 12.0 Å². The summed E-state index contributed by atoms with van der Waals surface area (Å²) in [5.41, 5.74) is 1.31. The maximum absolute atomic E-state index is 12.3. The lowest BCUT2D eigenvalue weighted by Gasteiger charge is -2.23. The van der Waals surface area contributed by atoms with Gasteiger partial charge in [-0.15, -0.1) is 0 Å². The Morgan fingerprint density at radius 1 is 1.45 bits per heavy atom. The first-order chi connectivity index (χ1) is 9.69. The molecule has 1 aliphatic carbocycles. The fourth-order valence-corrected chi connectivity index (χ4v) is 5.13. The summed E-state index contributed by atoms with van der Waals surface area (Å²) in [5, 5.41) is 0. The van der Waals surface area contributed by atoms with Gasteiger partial charge in [-0.3, -0.25) is 4.21 Å². The molecule has 0 N–H and O–H groups in total. The quantitative estimate of drug-likeness (QED) is 0.801. The fraction of sp³-hybridized carbons (Fsp3) is 0.625. The van der Waals surface area contributed by atoms with Crippen molar-refractivity contribution in [1.82, 2.24) is 4.90 Å². The molecule has 0 spiro atoms. The van der Waals surface area contributed by atoms with E-state index in [2.05, 4.69) is 18.0 Å². The molecule has 3 rings (SSSR count). The molecule has 3 nitrogen and oxygen atoms in total. The molecule has 0 radical (unpaired) electrons. The highest BCUT2D eigenvalue weighted by Crippen LogP contribution is 2.39. The molecule has 20 heavy (non-hydrogen) atoms. The van der Waals surface area contributed by atoms with Crippen molar-refractivity contribution in [2.24, 2.45) is 5.92 Å². The monoisotopic (exact) mass is 293 g/mol. The summed E-state index contributed by atoms with van der Waals surface area (Å²) in [4.78, 5) is 3.49. The van der Waals surface area contributed by atoms with Gasteiger partial charge in [0.15, 0.2) is 0 Å². The van der Waals surface area contributed by atoms with Gasteiger partial charge in [0, 0.05) is 23.1 Å². The minimum atomic E-state index is -0.835. The van der Waals surface area contributed by atoms with E-state index in [9.17, 15) is 4.21 Å². The molecular formula is C16H23NO2S. The van der Waals surface area contributed by atoms with Crippen LogP contribution < -0.4 is 0 Å². The van der Waals surface area contributed by atoms with Crippen LogP contribution >= 0.6 is 0 Å². The maximum Gasteiger partial charge on any atom is 0.0993 e. The Labute approximate surface area is 123 Å². The lowest BCUT2D eigenvalue weighted by atomic mass is 9.92. The third kappa shape index (κ3) is 2.63. The molecule has 110 valence electrons. The molecule has 0 amide bonds. The van der Waals surface area contributed by atoms with Crippen LogP contribution in [0.2, 0.25) is 0 Å². The molecule has 3 aliphatic rings. The number of allylic oxidation sites excluding steroid dienone is 4. The number of hydrogen-bond donors (Lipinski definition) is 0. The molecule has 4 heteroatoms. The standard InChI is InChI=1S/C16H23NO2S/c1-17-9-3-4-13(17)10-12-11-20(18)16-8-6-14(19-2)5-7-15(12)16/h6-8,12-13H,3-5,9-11H2,1-2H3/t12?,13-,20?/m1/s1. The topological polar surface area (TPSA) is 29.5 Å². The van der Waals surface area contributed by atoms with Gasteiger partial charge in [-0.25, -0.2) is 0 Å². The van der Waals surface area contributed by atoms with Crippen LogP contribution in [0.15, 0.2) is 34.5 Å². The molecule has 0 bridgehead atoms. The number of rotatable bonds is 3. The third-order valence-corrected chi connectivity index (χ3v) is 6.32. The van der Waals surface area contributed by atoms with Crippen LogP contribution in [0.25, 0.3) is 0 Å². The van der Waals surface area contributed by atoms with Gasteiger partial charge < -0.3 is 9.64 Å².